The third-order valence-corrected chi connectivity index (χ3v) is 4.52. The summed E-state index contributed by atoms with van der Waals surface area (Å²) in [6.07, 6.45) is 3.86. The second kappa shape index (κ2) is 5.93. The van der Waals surface area contributed by atoms with Crippen LogP contribution in [0.5, 0.6) is 0 Å². The van der Waals surface area contributed by atoms with Crippen LogP contribution in [-0.4, -0.2) is 28.2 Å². The fraction of sp³-hybridized carbons (Fsp3) is 0.278. The molecule has 2 heterocycles. The number of anilines is 2. The van der Waals surface area contributed by atoms with Crippen LogP contribution >= 0.6 is 0 Å². The molecule has 1 saturated heterocycles. The molecule has 3 aromatic rings. The molecule has 0 radical (unpaired) electrons. The van der Waals surface area contributed by atoms with Gasteiger partial charge in [-0.05, 0) is 54.8 Å². The van der Waals surface area contributed by atoms with E-state index in [1.807, 2.05) is 18.2 Å². The zero-order valence-electron chi connectivity index (χ0n) is 12.9. The molecule has 1 fully saturated rings. The smallest absolute Gasteiger partial charge is 0.159 e. The fourth-order valence-corrected chi connectivity index (χ4v) is 3.31. The van der Waals surface area contributed by atoms with Crippen LogP contribution in [0.25, 0.3) is 10.8 Å². The molecule has 118 valence electrons. The lowest BCUT2D eigenvalue weighted by atomic mass is 9.92. The molecule has 4 rings (SSSR count). The quantitative estimate of drug-likeness (QED) is 0.648. The second-order valence-electron chi connectivity index (χ2n) is 6.06. The zero-order valence-corrected chi connectivity index (χ0v) is 12.9. The highest BCUT2D eigenvalue weighted by atomic mass is 16.5. The van der Waals surface area contributed by atoms with E-state index >= 15 is 0 Å². The van der Waals surface area contributed by atoms with Crippen molar-refractivity contribution in [2.45, 2.75) is 18.8 Å². The molecule has 3 N–H and O–H groups in total. The van der Waals surface area contributed by atoms with E-state index in [1.54, 1.807) is 6.20 Å². The summed E-state index contributed by atoms with van der Waals surface area (Å²) >= 11 is 0. The first kappa shape index (κ1) is 14.1. The molecule has 0 bridgehead atoms. The van der Waals surface area contributed by atoms with Crippen LogP contribution in [0.3, 0.4) is 0 Å². The number of hydrogen-bond donors (Lipinski definition) is 3. The van der Waals surface area contributed by atoms with Crippen LogP contribution < -0.4 is 10.6 Å². The molecule has 5 nitrogen and oxygen atoms in total. The molecular weight excluding hydrogens is 288 g/mol. The van der Waals surface area contributed by atoms with Crippen LogP contribution in [0.1, 0.15) is 24.3 Å². The number of piperidine rings is 1. The lowest BCUT2D eigenvalue weighted by Gasteiger charge is -2.22. The van der Waals surface area contributed by atoms with Crippen molar-refractivity contribution >= 4 is 22.3 Å². The molecule has 0 amide bonds. The molecule has 0 saturated carbocycles. The van der Waals surface area contributed by atoms with E-state index in [2.05, 4.69) is 40.0 Å². The minimum absolute atomic E-state index is 0.431. The monoisotopic (exact) mass is 308 g/mol. The standard InChI is InChI=1S/C18H20N4O/c23-22-12-17(14-7-9-19-10-8-14)18(21-22)20-16-6-5-13-3-1-2-4-15(13)11-16/h1-6,11-12,14,19,23H,7-10H2,(H,20,21). The Hall–Kier alpha value is -2.53. The van der Waals surface area contributed by atoms with E-state index in [1.165, 1.54) is 10.8 Å². The van der Waals surface area contributed by atoms with Gasteiger partial charge in [0.05, 0.1) is 6.20 Å². The predicted molar refractivity (Wildman–Crippen MR) is 91.5 cm³/mol. The number of nitrogens with zero attached hydrogens (tertiary/aromatic N) is 2. The SMILES string of the molecule is On1cc(C2CCNCC2)c(Nc2ccc3ccccc3c2)n1. The summed E-state index contributed by atoms with van der Waals surface area (Å²) in [5.74, 6) is 1.18. The molecule has 0 aliphatic carbocycles. The first-order valence-electron chi connectivity index (χ1n) is 8.05. The molecule has 1 aliphatic heterocycles. The maximum atomic E-state index is 9.76. The van der Waals surface area contributed by atoms with E-state index in [4.69, 9.17) is 0 Å². The Labute approximate surface area is 134 Å². The predicted octanol–water partition coefficient (Wildman–Crippen LogP) is 3.48. The summed E-state index contributed by atoms with van der Waals surface area (Å²) in [7, 11) is 0. The van der Waals surface area contributed by atoms with Crippen molar-refractivity contribution in [3.05, 3.63) is 54.2 Å². The van der Waals surface area contributed by atoms with E-state index in [9.17, 15) is 5.21 Å². The number of hydrogen-bond acceptors (Lipinski definition) is 4. The number of fused-ring (bicyclic) bond motifs is 1. The summed E-state index contributed by atoms with van der Waals surface area (Å²) < 4.78 is 0. The van der Waals surface area contributed by atoms with Crippen molar-refractivity contribution in [3.8, 4) is 0 Å². The summed E-state index contributed by atoms with van der Waals surface area (Å²) in [5.41, 5.74) is 2.07. The van der Waals surface area contributed by atoms with Gasteiger partial charge in [0.2, 0.25) is 0 Å². The highest BCUT2D eigenvalue weighted by Gasteiger charge is 2.21. The van der Waals surface area contributed by atoms with Gasteiger partial charge in [0, 0.05) is 11.3 Å². The fourth-order valence-electron chi connectivity index (χ4n) is 3.31. The van der Waals surface area contributed by atoms with E-state index < -0.39 is 0 Å². The van der Waals surface area contributed by atoms with Gasteiger partial charge in [-0.1, -0.05) is 30.3 Å². The molecule has 0 spiro atoms. The van der Waals surface area contributed by atoms with E-state index in [-0.39, 0.29) is 0 Å². The van der Waals surface area contributed by atoms with E-state index in [0.29, 0.717) is 5.92 Å². The third kappa shape index (κ3) is 2.87. The molecule has 1 aromatic heterocycles. The normalized spacial score (nSPS) is 15.8. The summed E-state index contributed by atoms with van der Waals surface area (Å²) in [4.78, 5) is 0.917. The molecule has 0 atom stereocenters. The highest BCUT2D eigenvalue weighted by molar-refractivity contribution is 5.86. The Kier molecular flexibility index (Phi) is 3.63. The minimum Gasteiger partial charge on any atom is -0.412 e. The Morgan fingerprint density at radius 1 is 1.09 bits per heavy atom. The van der Waals surface area contributed by atoms with Crippen LogP contribution in [0.2, 0.25) is 0 Å². The number of rotatable bonds is 3. The van der Waals surface area contributed by atoms with Gasteiger partial charge in [-0.15, -0.1) is 9.94 Å². The average Bonchev–Trinajstić information content (AvgIpc) is 2.96. The highest BCUT2D eigenvalue weighted by Crippen LogP contribution is 2.32. The van der Waals surface area contributed by atoms with Gasteiger partial charge in [0.25, 0.3) is 0 Å². The van der Waals surface area contributed by atoms with E-state index in [0.717, 1.165) is 47.8 Å². The third-order valence-electron chi connectivity index (χ3n) is 4.52. The van der Waals surface area contributed by atoms with Gasteiger partial charge in [0.15, 0.2) is 5.82 Å². The van der Waals surface area contributed by atoms with Crippen LogP contribution in [0.15, 0.2) is 48.7 Å². The molecular formula is C18H20N4O. The molecule has 0 unspecified atom stereocenters. The first-order valence-corrected chi connectivity index (χ1v) is 8.05. The van der Waals surface area contributed by atoms with Gasteiger partial charge in [-0.3, -0.25) is 0 Å². The molecule has 2 aromatic carbocycles. The minimum atomic E-state index is 0.431. The van der Waals surface area contributed by atoms with Gasteiger partial charge in [0.1, 0.15) is 0 Å². The second-order valence-corrected chi connectivity index (χ2v) is 6.06. The largest absolute Gasteiger partial charge is 0.412 e. The van der Waals surface area contributed by atoms with Crippen molar-refractivity contribution in [2.24, 2.45) is 0 Å². The van der Waals surface area contributed by atoms with Gasteiger partial charge < -0.3 is 15.8 Å². The number of nitrogens with one attached hydrogen (secondary N) is 2. The topological polar surface area (TPSA) is 62.1 Å². The molecule has 5 heteroatoms. The Balaban J connectivity index is 1.64. The average molecular weight is 308 g/mol. The first-order chi connectivity index (χ1) is 11.3. The maximum Gasteiger partial charge on any atom is 0.159 e. The van der Waals surface area contributed by atoms with Crippen molar-refractivity contribution in [1.29, 1.82) is 0 Å². The molecule has 23 heavy (non-hydrogen) atoms. The number of aromatic nitrogens is 2. The van der Waals surface area contributed by atoms with Crippen LogP contribution in [0, 0.1) is 0 Å². The maximum absolute atomic E-state index is 9.76. The van der Waals surface area contributed by atoms with Crippen molar-refractivity contribution in [2.75, 3.05) is 18.4 Å². The lowest BCUT2D eigenvalue weighted by Crippen LogP contribution is -2.26. The van der Waals surface area contributed by atoms with Gasteiger partial charge in [-0.25, -0.2) is 0 Å². The zero-order chi connectivity index (χ0) is 15.6. The van der Waals surface area contributed by atoms with Gasteiger partial charge in [-0.2, -0.15) is 0 Å². The summed E-state index contributed by atoms with van der Waals surface area (Å²) in [6, 6.07) is 14.5. The lowest BCUT2D eigenvalue weighted by molar-refractivity contribution is 0.149. The van der Waals surface area contributed by atoms with Crippen molar-refractivity contribution < 1.29 is 5.21 Å². The van der Waals surface area contributed by atoms with Crippen molar-refractivity contribution in [1.82, 2.24) is 15.3 Å². The molecule has 1 aliphatic rings. The van der Waals surface area contributed by atoms with Crippen LogP contribution in [0.4, 0.5) is 11.5 Å². The van der Waals surface area contributed by atoms with Gasteiger partial charge >= 0.3 is 0 Å². The van der Waals surface area contributed by atoms with Crippen LogP contribution in [-0.2, 0) is 0 Å². The number of benzene rings is 2. The summed E-state index contributed by atoms with van der Waals surface area (Å²) in [5, 5.41) is 23.1. The Morgan fingerprint density at radius 2 is 1.87 bits per heavy atom. The Bertz CT molecular complexity index is 821. The summed E-state index contributed by atoms with van der Waals surface area (Å²) in [6.45, 7) is 2.02. The van der Waals surface area contributed by atoms with Crippen molar-refractivity contribution in [3.63, 3.8) is 0 Å². The Morgan fingerprint density at radius 3 is 2.70 bits per heavy atom.